The number of aromatic nitrogens is 3. The molecule has 2 aromatic heterocycles. The number of nitrogens with zero attached hydrogens (tertiary/aromatic N) is 2. The van der Waals surface area contributed by atoms with Crippen molar-refractivity contribution in [1.82, 2.24) is 14.5 Å². The second kappa shape index (κ2) is 7.10. The minimum absolute atomic E-state index is 0.0118. The average molecular weight is 397 g/mol. The molecule has 142 valence electrons. The van der Waals surface area contributed by atoms with Crippen LogP contribution in [0.25, 0.3) is 10.9 Å². The monoisotopic (exact) mass is 397 g/mol. The molecule has 0 aliphatic carbocycles. The van der Waals surface area contributed by atoms with Crippen molar-refractivity contribution in [3.05, 3.63) is 68.6 Å². The van der Waals surface area contributed by atoms with Gasteiger partial charge in [0.1, 0.15) is 0 Å². The van der Waals surface area contributed by atoms with Gasteiger partial charge < -0.3 is 4.98 Å². The van der Waals surface area contributed by atoms with Crippen LogP contribution in [0.5, 0.6) is 0 Å². The van der Waals surface area contributed by atoms with Crippen molar-refractivity contribution in [3.8, 4) is 0 Å². The first-order chi connectivity index (χ1) is 12.7. The van der Waals surface area contributed by atoms with Crippen LogP contribution in [0.2, 0.25) is 0 Å². The number of benzene rings is 1. The molecule has 3 aromatic rings. The standard InChI is InChI=1S/C17H14F3N3O3S/c1-2-27(26)14-5-6-21-8-10(14)9-23-15(24)12-7-11(17(18,19)20)3-4-13(12)22-16(23)25/h3-8H,2,9H2,1H3,(H,22,25). The van der Waals surface area contributed by atoms with Crippen LogP contribution in [0.15, 0.2) is 51.1 Å². The fourth-order valence-electron chi connectivity index (χ4n) is 2.65. The molecule has 1 unspecified atom stereocenters. The quantitative estimate of drug-likeness (QED) is 0.732. The van der Waals surface area contributed by atoms with Crippen molar-refractivity contribution in [1.29, 1.82) is 0 Å². The molecule has 0 amide bonds. The van der Waals surface area contributed by atoms with Gasteiger partial charge in [-0.05, 0) is 24.3 Å². The summed E-state index contributed by atoms with van der Waals surface area (Å²) < 4.78 is 51.7. The zero-order valence-corrected chi connectivity index (χ0v) is 14.9. The molecule has 3 rings (SSSR count). The molecule has 0 aliphatic rings. The van der Waals surface area contributed by atoms with Gasteiger partial charge >= 0.3 is 11.9 Å². The largest absolute Gasteiger partial charge is 0.416 e. The molecular weight excluding hydrogens is 383 g/mol. The van der Waals surface area contributed by atoms with Gasteiger partial charge in [0.15, 0.2) is 0 Å². The molecule has 1 N–H and O–H groups in total. The van der Waals surface area contributed by atoms with E-state index in [4.69, 9.17) is 0 Å². The molecule has 0 aliphatic heterocycles. The van der Waals surface area contributed by atoms with E-state index >= 15 is 0 Å². The van der Waals surface area contributed by atoms with Gasteiger partial charge in [-0.15, -0.1) is 0 Å². The summed E-state index contributed by atoms with van der Waals surface area (Å²) in [7, 11) is -1.35. The smallest absolute Gasteiger partial charge is 0.307 e. The van der Waals surface area contributed by atoms with E-state index in [2.05, 4.69) is 9.97 Å². The summed E-state index contributed by atoms with van der Waals surface area (Å²) in [6, 6.07) is 4.08. The van der Waals surface area contributed by atoms with Crippen LogP contribution in [0.4, 0.5) is 13.2 Å². The third-order valence-corrected chi connectivity index (χ3v) is 5.42. The van der Waals surface area contributed by atoms with Crippen molar-refractivity contribution < 1.29 is 17.4 Å². The van der Waals surface area contributed by atoms with Crippen molar-refractivity contribution in [2.45, 2.75) is 24.5 Å². The highest BCUT2D eigenvalue weighted by Gasteiger charge is 2.31. The number of pyridine rings is 1. The Labute approximate surface area is 153 Å². The summed E-state index contributed by atoms with van der Waals surface area (Å²) in [5.41, 5.74) is -2.23. The minimum Gasteiger partial charge on any atom is -0.307 e. The number of fused-ring (bicyclic) bond motifs is 1. The summed E-state index contributed by atoms with van der Waals surface area (Å²) in [6.45, 7) is 1.46. The second-order valence-electron chi connectivity index (χ2n) is 5.70. The Morgan fingerprint density at radius 2 is 1.96 bits per heavy atom. The maximum Gasteiger partial charge on any atom is 0.416 e. The first-order valence-electron chi connectivity index (χ1n) is 7.87. The highest BCUT2D eigenvalue weighted by atomic mass is 32.2. The number of nitrogens with one attached hydrogen (secondary N) is 1. The number of rotatable bonds is 4. The normalized spacial score (nSPS) is 13.0. The van der Waals surface area contributed by atoms with Crippen molar-refractivity contribution >= 4 is 21.7 Å². The van der Waals surface area contributed by atoms with Crippen LogP contribution < -0.4 is 11.2 Å². The van der Waals surface area contributed by atoms with Gasteiger partial charge in [0.05, 0.1) is 33.8 Å². The Morgan fingerprint density at radius 3 is 2.63 bits per heavy atom. The molecule has 6 nitrogen and oxygen atoms in total. The van der Waals surface area contributed by atoms with E-state index in [1.165, 1.54) is 18.5 Å². The van der Waals surface area contributed by atoms with Gasteiger partial charge in [0.25, 0.3) is 5.56 Å². The van der Waals surface area contributed by atoms with Crippen LogP contribution in [0.1, 0.15) is 18.1 Å². The van der Waals surface area contributed by atoms with E-state index in [1.807, 2.05) is 0 Å². The SMILES string of the molecule is CCS(=O)c1ccncc1Cn1c(=O)[nH]c2ccc(C(F)(F)F)cc2c1=O. The minimum atomic E-state index is -4.61. The third kappa shape index (κ3) is 3.70. The van der Waals surface area contributed by atoms with Gasteiger partial charge in [0.2, 0.25) is 0 Å². The summed E-state index contributed by atoms with van der Waals surface area (Å²) in [5.74, 6) is 0.328. The Morgan fingerprint density at radius 1 is 1.22 bits per heavy atom. The van der Waals surface area contributed by atoms with Crippen molar-refractivity contribution in [3.63, 3.8) is 0 Å². The number of H-pyrrole nitrogens is 1. The average Bonchev–Trinajstić information content (AvgIpc) is 2.63. The molecule has 1 atom stereocenters. The topological polar surface area (TPSA) is 84.8 Å². The lowest BCUT2D eigenvalue weighted by Gasteiger charge is -2.11. The first-order valence-corrected chi connectivity index (χ1v) is 9.19. The number of hydrogen-bond donors (Lipinski definition) is 1. The van der Waals surface area contributed by atoms with E-state index < -0.39 is 33.8 Å². The Hall–Kier alpha value is -2.75. The fourth-order valence-corrected chi connectivity index (χ4v) is 3.58. The van der Waals surface area contributed by atoms with Gasteiger partial charge in [0, 0.05) is 28.6 Å². The second-order valence-corrected chi connectivity index (χ2v) is 7.41. The molecular formula is C17H14F3N3O3S. The summed E-state index contributed by atoms with van der Waals surface area (Å²) in [6.07, 6.45) is -1.79. The maximum atomic E-state index is 12.9. The van der Waals surface area contributed by atoms with Crippen LogP contribution in [0, 0.1) is 0 Å². The number of hydrogen-bond acceptors (Lipinski definition) is 4. The van der Waals surface area contributed by atoms with Gasteiger partial charge in [-0.1, -0.05) is 6.92 Å². The molecule has 0 radical (unpaired) electrons. The maximum absolute atomic E-state index is 12.9. The van der Waals surface area contributed by atoms with Crippen molar-refractivity contribution in [2.75, 3.05) is 5.75 Å². The molecule has 2 heterocycles. The van der Waals surface area contributed by atoms with E-state index in [0.29, 0.717) is 22.3 Å². The van der Waals surface area contributed by atoms with Crippen LogP contribution in [-0.2, 0) is 23.5 Å². The molecule has 27 heavy (non-hydrogen) atoms. The molecule has 10 heteroatoms. The zero-order chi connectivity index (χ0) is 19.8. The lowest BCUT2D eigenvalue weighted by molar-refractivity contribution is -0.137. The Bertz CT molecular complexity index is 1150. The molecule has 1 aromatic carbocycles. The molecule has 0 spiro atoms. The van der Waals surface area contributed by atoms with Crippen molar-refractivity contribution in [2.24, 2.45) is 0 Å². The predicted octanol–water partition coefficient (Wildman–Crippen LogP) is 2.28. The van der Waals surface area contributed by atoms with Crippen LogP contribution in [-0.4, -0.2) is 24.5 Å². The van der Waals surface area contributed by atoms with E-state index in [-0.39, 0.29) is 17.4 Å². The lowest BCUT2D eigenvalue weighted by Crippen LogP contribution is -2.35. The molecule has 0 saturated carbocycles. The van der Waals surface area contributed by atoms with Gasteiger partial charge in [-0.3, -0.25) is 18.6 Å². The van der Waals surface area contributed by atoms with E-state index in [0.717, 1.165) is 16.7 Å². The zero-order valence-electron chi connectivity index (χ0n) is 14.0. The van der Waals surface area contributed by atoms with E-state index in [1.54, 1.807) is 6.92 Å². The lowest BCUT2D eigenvalue weighted by atomic mass is 10.1. The number of halogens is 3. The predicted molar refractivity (Wildman–Crippen MR) is 94.1 cm³/mol. The number of alkyl halides is 3. The fraction of sp³-hybridized carbons (Fsp3) is 0.235. The summed E-state index contributed by atoms with van der Waals surface area (Å²) >= 11 is 0. The van der Waals surface area contributed by atoms with Gasteiger partial charge in [-0.25, -0.2) is 4.79 Å². The third-order valence-electron chi connectivity index (χ3n) is 4.00. The van der Waals surface area contributed by atoms with Crippen LogP contribution in [0.3, 0.4) is 0 Å². The van der Waals surface area contributed by atoms with Crippen LogP contribution >= 0.6 is 0 Å². The Balaban J connectivity index is 2.17. The highest BCUT2D eigenvalue weighted by molar-refractivity contribution is 7.85. The summed E-state index contributed by atoms with van der Waals surface area (Å²) in [5, 5.41) is -0.258. The molecule has 0 fully saturated rings. The Kier molecular flexibility index (Phi) is 5.01. The number of aromatic amines is 1. The first kappa shape index (κ1) is 19.0. The molecule has 0 saturated heterocycles. The molecule has 0 bridgehead atoms. The highest BCUT2D eigenvalue weighted by Crippen LogP contribution is 2.30. The summed E-state index contributed by atoms with van der Waals surface area (Å²) in [4.78, 5) is 31.7. The van der Waals surface area contributed by atoms with E-state index in [9.17, 15) is 27.0 Å². The van der Waals surface area contributed by atoms with Gasteiger partial charge in [-0.2, -0.15) is 13.2 Å².